The van der Waals surface area contributed by atoms with Crippen molar-refractivity contribution < 1.29 is 4.79 Å². The molecule has 0 heterocycles. The third kappa shape index (κ3) is 4.63. The number of hydrogen-bond donors (Lipinski definition) is 0. The second-order valence-electron chi connectivity index (χ2n) is 4.32. The van der Waals surface area contributed by atoms with Crippen molar-refractivity contribution in [1.82, 2.24) is 0 Å². The van der Waals surface area contributed by atoms with E-state index in [0.29, 0.717) is 0 Å². The van der Waals surface area contributed by atoms with E-state index in [4.69, 9.17) is 0 Å². The fraction of sp³-hybridized carbons (Fsp3) is 0.0556. The molecule has 20 heavy (non-hydrogen) atoms. The monoisotopic (exact) mass is 326 g/mol. The minimum absolute atomic E-state index is 0.0287. The molecule has 1 unspecified atom stereocenters. The van der Waals surface area contributed by atoms with Gasteiger partial charge >= 0.3 is 0 Å². The van der Waals surface area contributed by atoms with Crippen LogP contribution in [0, 0.1) is 0 Å². The Bertz CT molecular complexity index is 600. The van der Waals surface area contributed by atoms with Gasteiger partial charge in [0, 0.05) is 0 Å². The van der Waals surface area contributed by atoms with Crippen LogP contribution in [0.2, 0.25) is 0 Å². The molecule has 0 fully saturated rings. The maximum absolute atomic E-state index is 12.0. The molecule has 0 spiro atoms. The predicted octanol–water partition coefficient (Wildman–Crippen LogP) is 4.75. The Morgan fingerprint density at radius 1 is 0.850 bits per heavy atom. The molecule has 0 aliphatic carbocycles. The third-order valence-electron chi connectivity index (χ3n) is 2.77. The van der Waals surface area contributed by atoms with E-state index in [0.717, 1.165) is 11.1 Å². The van der Waals surface area contributed by atoms with Crippen LogP contribution >= 0.6 is 15.9 Å². The van der Waals surface area contributed by atoms with Crippen LogP contribution in [0.5, 0.6) is 0 Å². The van der Waals surface area contributed by atoms with E-state index in [1.165, 1.54) is 0 Å². The SMILES string of the molecule is O=C(/C=C/c1ccccc1)C(Br)/C=C/c1ccccc1. The van der Waals surface area contributed by atoms with Crippen molar-refractivity contribution in [2.45, 2.75) is 4.83 Å². The summed E-state index contributed by atoms with van der Waals surface area (Å²) in [5, 5.41) is 0. The quantitative estimate of drug-likeness (QED) is 0.572. The minimum atomic E-state index is -0.303. The Labute approximate surface area is 127 Å². The van der Waals surface area contributed by atoms with E-state index < -0.39 is 0 Å². The molecule has 2 aromatic carbocycles. The normalized spacial score (nSPS) is 12.8. The lowest BCUT2D eigenvalue weighted by molar-refractivity contribution is -0.113. The summed E-state index contributed by atoms with van der Waals surface area (Å²) < 4.78 is 0. The van der Waals surface area contributed by atoms with Gasteiger partial charge in [-0.25, -0.2) is 0 Å². The number of alkyl halides is 1. The average molecular weight is 327 g/mol. The van der Waals surface area contributed by atoms with Gasteiger partial charge in [0.25, 0.3) is 0 Å². The number of benzene rings is 2. The van der Waals surface area contributed by atoms with Crippen molar-refractivity contribution in [3.8, 4) is 0 Å². The highest BCUT2D eigenvalue weighted by atomic mass is 79.9. The smallest absolute Gasteiger partial charge is 0.173 e. The third-order valence-corrected chi connectivity index (χ3v) is 3.53. The number of carbonyl (C=O) groups excluding carboxylic acids is 1. The van der Waals surface area contributed by atoms with Crippen LogP contribution in [-0.4, -0.2) is 10.6 Å². The molecule has 2 heteroatoms. The Hall–Kier alpha value is -1.93. The van der Waals surface area contributed by atoms with Crippen molar-refractivity contribution in [2.75, 3.05) is 0 Å². The van der Waals surface area contributed by atoms with Crippen LogP contribution in [0.15, 0.2) is 72.8 Å². The van der Waals surface area contributed by atoms with Gasteiger partial charge in [0.15, 0.2) is 5.78 Å². The van der Waals surface area contributed by atoms with E-state index >= 15 is 0 Å². The van der Waals surface area contributed by atoms with Crippen LogP contribution in [0.4, 0.5) is 0 Å². The van der Waals surface area contributed by atoms with Gasteiger partial charge in [-0.3, -0.25) is 4.79 Å². The standard InChI is InChI=1S/C18H15BrO/c19-17(13-11-15-7-3-1-4-8-15)18(20)14-12-16-9-5-2-6-10-16/h1-14,17H/b13-11+,14-12+. The summed E-state index contributed by atoms with van der Waals surface area (Å²) in [6.07, 6.45) is 7.22. The molecular formula is C18H15BrO. The molecule has 0 saturated carbocycles. The van der Waals surface area contributed by atoms with Crippen LogP contribution < -0.4 is 0 Å². The van der Waals surface area contributed by atoms with E-state index in [1.807, 2.05) is 78.9 Å². The van der Waals surface area contributed by atoms with Gasteiger partial charge in [0.2, 0.25) is 0 Å². The zero-order valence-corrected chi connectivity index (χ0v) is 12.5. The Balaban J connectivity index is 1.96. The number of halogens is 1. The molecule has 1 atom stereocenters. The highest BCUT2D eigenvalue weighted by Crippen LogP contribution is 2.10. The number of hydrogen-bond acceptors (Lipinski definition) is 1. The second kappa shape index (κ2) is 7.61. The second-order valence-corrected chi connectivity index (χ2v) is 5.30. The molecular weight excluding hydrogens is 312 g/mol. The Kier molecular flexibility index (Phi) is 5.51. The molecule has 0 saturated heterocycles. The van der Waals surface area contributed by atoms with Crippen LogP contribution in [0.3, 0.4) is 0 Å². The number of ketones is 1. The first-order valence-electron chi connectivity index (χ1n) is 6.40. The largest absolute Gasteiger partial charge is 0.293 e. The molecule has 0 bridgehead atoms. The van der Waals surface area contributed by atoms with Gasteiger partial charge in [-0.05, 0) is 17.2 Å². The van der Waals surface area contributed by atoms with Crippen molar-refractivity contribution >= 4 is 33.9 Å². The highest BCUT2D eigenvalue weighted by molar-refractivity contribution is 9.10. The summed E-state index contributed by atoms with van der Waals surface area (Å²) >= 11 is 3.39. The van der Waals surface area contributed by atoms with Crippen molar-refractivity contribution in [2.24, 2.45) is 0 Å². The first kappa shape index (κ1) is 14.5. The van der Waals surface area contributed by atoms with E-state index in [1.54, 1.807) is 6.08 Å². The van der Waals surface area contributed by atoms with Crippen LogP contribution in [0.25, 0.3) is 12.2 Å². The maximum atomic E-state index is 12.0. The molecule has 0 aromatic heterocycles. The molecule has 0 radical (unpaired) electrons. The lowest BCUT2D eigenvalue weighted by Gasteiger charge is -1.99. The van der Waals surface area contributed by atoms with E-state index in [-0.39, 0.29) is 10.6 Å². The van der Waals surface area contributed by atoms with Crippen molar-refractivity contribution in [1.29, 1.82) is 0 Å². The summed E-state index contributed by atoms with van der Waals surface area (Å²) in [6.45, 7) is 0. The summed E-state index contributed by atoms with van der Waals surface area (Å²) in [5.41, 5.74) is 2.10. The molecule has 0 aliphatic rings. The molecule has 2 rings (SSSR count). The number of rotatable bonds is 5. The minimum Gasteiger partial charge on any atom is -0.293 e. The van der Waals surface area contributed by atoms with Gasteiger partial charge in [-0.1, -0.05) is 94.8 Å². The molecule has 2 aromatic rings. The molecule has 100 valence electrons. The van der Waals surface area contributed by atoms with Gasteiger partial charge in [-0.2, -0.15) is 0 Å². The maximum Gasteiger partial charge on any atom is 0.173 e. The lowest BCUT2D eigenvalue weighted by atomic mass is 10.1. The zero-order valence-electron chi connectivity index (χ0n) is 10.9. The van der Waals surface area contributed by atoms with E-state index in [2.05, 4.69) is 15.9 Å². The Morgan fingerprint density at radius 3 is 1.90 bits per heavy atom. The molecule has 0 amide bonds. The lowest BCUT2D eigenvalue weighted by Crippen LogP contribution is -2.06. The zero-order chi connectivity index (χ0) is 14.2. The van der Waals surface area contributed by atoms with E-state index in [9.17, 15) is 4.79 Å². The number of allylic oxidation sites excluding steroid dienone is 2. The Morgan fingerprint density at radius 2 is 1.35 bits per heavy atom. The van der Waals surface area contributed by atoms with Crippen molar-refractivity contribution in [3.63, 3.8) is 0 Å². The van der Waals surface area contributed by atoms with Gasteiger partial charge in [0.05, 0.1) is 4.83 Å². The topological polar surface area (TPSA) is 17.1 Å². The summed E-state index contributed by atoms with van der Waals surface area (Å²) in [5.74, 6) is 0.0287. The number of carbonyl (C=O) groups is 1. The highest BCUT2D eigenvalue weighted by Gasteiger charge is 2.07. The van der Waals surface area contributed by atoms with Gasteiger partial charge < -0.3 is 0 Å². The summed E-state index contributed by atoms with van der Waals surface area (Å²) in [6, 6.07) is 19.7. The molecule has 0 aliphatic heterocycles. The van der Waals surface area contributed by atoms with Crippen LogP contribution in [-0.2, 0) is 4.79 Å². The predicted molar refractivity (Wildman–Crippen MR) is 88.7 cm³/mol. The molecule has 0 N–H and O–H groups in total. The van der Waals surface area contributed by atoms with Gasteiger partial charge in [0.1, 0.15) is 0 Å². The fourth-order valence-corrected chi connectivity index (χ4v) is 1.99. The first-order valence-corrected chi connectivity index (χ1v) is 7.31. The van der Waals surface area contributed by atoms with Crippen molar-refractivity contribution in [3.05, 3.63) is 83.9 Å². The fourth-order valence-electron chi connectivity index (χ4n) is 1.69. The first-order chi connectivity index (χ1) is 9.75. The average Bonchev–Trinajstić information content (AvgIpc) is 2.52. The van der Waals surface area contributed by atoms with Crippen LogP contribution in [0.1, 0.15) is 11.1 Å². The summed E-state index contributed by atoms with van der Waals surface area (Å²) in [4.78, 5) is 11.6. The molecule has 1 nitrogen and oxygen atoms in total. The van der Waals surface area contributed by atoms with Gasteiger partial charge in [-0.15, -0.1) is 0 Å². The summed E-state index contributed by atoms with van der Waals surface area (Å²) in [7, 11) is 0.